The van der Waals surface area contributed by atoms with Gasteiger partial charge in [-0.2, -0.15) is 0 Å². The number of benzene rings is 2. The number of hydrogen-bond donors (Lipinski definition) is 0. The number of hydrogen-bond acceptors (Lipinski definition) is 4. The van der Waals surface area contributed by atoms with Crippen LogP contribution in [0.3, 0.4) is 0 Å². The number of carbonyl (C=O) groups excluding carboxylic acids is 1. The number of fused-ring (bicyclic) bond motifs is 1. The second-order valence-electron chi connectivity index (χ2n) is 6.75. The summed E-state index contributed by atoms with van der Waals surface area (Å²) in [5, 5.41) is -0.687. The zero-order valence-corrected chi connectivity index (χ0v) is 15.9. The lowest BCUT2D eigenvalue weighted by molar-refractivity contribution is -0.274. The molecule has 1 fully saturated rings. The predicted molar refractivity (Wildman–Crippen MR) is 98.1 cm³/mol. The highest BCUT2D eigenvalue weighted by molar-refractivity contribution is 6.31. The molecule has 5 nitrogen and oxygen atoms in total. The van der Waals surface area contributed by atoms with E-state index in [0.717, 1.165) is 5.56 Å². The van der Waals surface area contributed by atoms with Crippen molar-refractivity contribution >= 4 is 17.5 Å². The number of nitrogens with zero attached hydrogens (tertiary/aromatic N) is 1. The van der Waals surface area contributed by atoms with E-state index in [-0.39, 0.29) is 24.2 Å². The van der Waals surface area contributed by atoms with Gasteiger partial charge in [0.1, 0.15) is 24.3 Å². The van der Waals surface area contributed by atoms with Crippen molar-refractivity contribution in [1.29, 1.82) is 0 Å². The van der Waals surface area contributed by atoms with Gasteiger partial charge in [-0.15, -0.1) is 24.8 Å². The van der Waals surface area contributed by atoms with Gasteiger partial charge in [0.2, 0.25) is 5.91 Å². The van der Waals surface area contributed by atoms with Crippen LogP contribution in [0, 0.1) is 0 Å². The molecule has 154 valence electrons. The Kier molecular flexibility index (Phi) is 5.21. The molecule has 2 atom stereocenters. The molecule has 0 spiro atoms. The second kappa shape index (κ2) is 7.67. The smallest absolute Gasteiger partial charge is 0.486 e. The van der Waals surface area contributed by atoms with Crippen molar-refractivity contribution in [2.75, 3.05) is 13.2 Å². The highest BCUT2D eigenvalue weighted by Gasteiger charge is 2.41. The van der Waals surface area contributed by atoms with Gasteiger partial charge in [0.25, 0.3) is 0 Å². The molecule has 2 heterocycles. The maximum atomic E-state index is 12.7. The van der Waals surface area contributed by atoms with Crippen molar-refractivity contribution < 1.29 is 32.2 Å². The standard InChI is InChI=1S/C20H17ClF3NO4/c21-15-10-16(14-2-1-3-17-18(14)28-9-8-27-17)25(19(15)26)11-12-4-6-13(7-5-12)29-20(22,23)24/h1-7,15-16H,8-11H2/t15?,16-/m0/s1. The van der Waals surface area contributed by atoms with E-state index in [0.29, 0.717) is 36.7 Å². The lowest BCUT2D eigenvalue weighted by atomic mass is 10.0. The van der Waals surface area contributed by atoms with Crippen molar-refractivity contribution in [3.8, 4) is 17.2 Å². The zero-order valence-electron chi connectivity index (χ0n) is 15.1. The summed E-state index contributed by atoms with van der Waals surface area (Å²) in [6.45, 7) is 1.06. The molecule has 1 unspecified atom stereocenters. The van der Waals surface area contributed by atoms with Crippen molar-refractivity contribution in [2.45, 2.75) is 30.7 Å². The average Bonchev–Trinajstić information content (AvgIpc) is 2.96. The topological polar surface area (TPSA) is 48.0 Å². The van der Waals surface area contributed by atoms with E-state index < -0.39 is 11.7 Å². The van der Waals surface area contributed by atoms with E-state index in [1.807, 2.05) is 12.1 Å². The number of para-hydroxylation sites is 1. The Morgan fingerprint density at radius 2 is 1.83 bits per heavy atom. The number of carbonyl (C=O) groups is 1. The molecule has 0 bridgehead atoms. The summed E-state index contributed by atoms with van der Waals surface area (Å²) in [7, 11) is 0. The average molecular weight is 428 g/mol. The molecule has 2 aromatic rings. The van der Waals surface area contributed by atoms with Gasteiger partial charge in [-0.1, -0.05) is 24.3 Å². The third kappa shape index (κ3) is 4.22. The molecule has 2 aromatic carbocycles. The molecule has 0 radical (unpaired) electrons. The maximum Gasteiger partial charge on any atom is 0.573 e. The summed E-state index contributed by atoms with van der Waals surface area (Å²) in [6.07, 6.45) is -4.35. The first kappa shape index (κ1) is 19.7. The van der Waals surface area contributed by atoms with Crippen molar-refractivity contribution in [3.05, 3.63) is 53.6 Å². The number of amides is 1. The molecule has 1 saturated heterocycles. The van der Waals surface area contributed by atoms with Gasteiger partial charge in [-0.25, -0.2) is 0 Å². The van der Waals surface area contributed by atoms with Crippen molar-refractivity contribution in [1.82, 2.24) is 4.90 Å². The maximum absolute atomic E-state index is 12.7. The third-order valence-corrected chi connectivity index (χ3v) is 5.19. The molecule has 9 heteroatoms. The molecule has 2 aliphatic rings. The number of alkyl halides is 4. The molecule has 4 rings (SSSR count). The first-order valence-corrected chi connectivity index (χ1v) is 9.43. The summed E-state index contributed by atoms with van der Waals surface area (Å²) in [5.74, 6) is 0.666. The van der Waals surface area contributed by atoms with Crippen LogP contribution in [-0.4, -0.2) is 35.8 Å². The van der Waals surface area contributed by atoms with Crippen LogP contribution in [0.15, 0.2) is 42.5 Å². The first-order valence-electron chi connectivity index (χ1n) is 8.99. The normalized spacial score (nSPS) is 21.4. The van der Waals surface area contributed by atoms with Gasteiger partial charge < -0.3 is 19.1 Å². The number of rotatable bonds is 4. The zero-order chi connectivity index (χ0) is 20.6. The molecule has 1 amide bonds. The van der Waals surface area contributed by atoms with E-state index in [4.69, 9.17) is 21.1 Å². The Hall–Kier alpha value is -2.61. The molecule has 2 aliphatic heterocycles. The minimum atomic E-state index is -4.75. The Balaban J connectivity index is 1.58. The second-order valence-corrected chi connectivity index (χ2v) is 7.28. The molecular formula is C20H17ClF3NO4. The lowest BCUT2D eigenvalue weighted by Crippen LogP contribution is -2.30. The van der Waals surface area contributed by atoms with Crippen LogP contribution in [-0.2, 0) is 11.3 Å². The van der Waals surface area contributed by atoms with Crippen LogP contribution in [0.4, 0.5) is 13.2 Å². The molecule has 0 N–H and O–H groups in total. The third-order valence-electron chi connectivity index (χ3n) is 4.82. The van der Waals surface area contributed by atoms with Gasteiger partial charge in [0.15, 0.2) is 11.5 Å². The van der Waals surface area contributed by atoms with E-state index in [9.17, 15) is 18.0 Å². The van der Waals surface area contributed by atoms with Crippen LogP contribution in [0.2, 0.25) is 0 Å². The largest absolute Gasteiger partial charge is 0.573 e. The summed E-state index contributed by atoms with van der Waals surface area (Å²) >= 11 is 6.24. The van der Waals surface area contributed by atoms with Gasteiger partial charge in [-0.3, -0.25) is 4.79 Å². The van der Waals surface area contributed by atoms with E-state index in [1.165, 1.54) is 24.3 Å². The number of halogens is 4. The van der Waals surface area contributed by atoms with E-state index in [1.54, 1.807) is 11.0 Å². The van der Waals surface area contributed by atoms with Crippen LogP contribution in [0.1, 0.15) is 23.6 Å². The number of likely N-dealkylation sites (tertiary alicyclic amines) is 1. The van der Waals surface area contributed by atoms with Gasteiger partial charge >= 0.3 is 6.36 Å². The van der Waals surface area contributed by atoms with Crippen LogP contribution in [0.5, 0.6) is 17.2 Å². The minimum absolute atomic E-state index is 0.198. The lowest BCUT2D eigenvalue weighted by Gasteiger charge is -2.29. The van der Waals surface area contributed by atoms with Crippen LogP contribution in [0.25, 0.3) is 0 Å². The van der Waals surface area contributed by atoms with Crippen molar-refractivity contribution in [2.24, 2.45) is 0 Å². The predicted octanol–water partition coefficient (Wildman–Crippen LogP) is 4.44. The Morgan fingerprint density at radius 3 is 2.55 bits per heavy atom. The fourth-order valence-electron chi connectivity index (χ4n) is 3.59. The van der Waals surface area contributed by atoms with Gasteiger partial charge in [0, 0.05) is 12.1 Å². The highest BCUT2D eigenvalue weighted by Crippen LogP contribution is 2.44. The van der Waals surface area contributed by atoms with Crippen LogP contribution >= 0.6 is 11.6 Å². The molecular weight excluding hydrogens is 411 g/mol. The fourth-order valence-corrected chi connectivity index (χ4v) is 3.89. The van der Waals surface area contributed by atoms with E-state index in [2.05, 4.69) is 4.74 Å². The molecule has 0 aliphatic carbocycles. The molecule has 0 saturated carbocycles. The Morgan fingerprint density at radius 1 is 1.10 bits per heavy atom. The monoisotopic (exact) mass is 427 g/mol. The number of ether oxygens (including phenoxy) is 3. The van der Waals surface area contributed by atoms with Crippen LogP contribution < -0.4 is 14.2 Å². The molecule has 29 heavy (non-hydrogen) atoms. The van der Waals surface area contributed by atoms with Crippen molar-refractivity contribution in [3.63, 3.8) is 0 Å². The summed E-state index contributed by atoms with van der Waals surface area (Å²) in [6, 6.07) is 10.6. The van der Waals surface area contributed by atoms with E-state index >= 15 is 0 Å². The summed E-state index contributed by atoms with van der Waals surface area (Å²) in [5.41, 5.74) is 1.46. The fraction of sp³-hybridized carbons (Fsp3) is 0.350. The van der Waals surface area contributed by atoms with Gasteiger partial charge in [-0.05, 0) is 30.2 Å². The Labute approximate surface area is 169 Å². The Bertz CT molecular complexity index is 904. The first-order chi connectivity index (χ1) is 13.8. The summed E-state index contributed by atoms with van der Waals surface area (Å²) in [4.78, 5) is 14.3. The SMILES string of the molecule is O=C1C(Cl)C[C@@H](c2cccc3c2OCCO3)N1Cc1ccc(OC(F)(F)F)cc1. The molecule has 0 aromatic heterocycles. The van der Waals surface area contributed by atoms with Gasteiger partial charge in [0.05, 0.1) is 6.04 Å². The highest BCUT2D eigenvalue weighted by atomic mass is 35.5. The minimum Gasteiger partial charge on any atom is -0.486 e. The quantitative estimate of drug-likeness (QED) is 0.677. The summed E-state index contributed by atoms with van der Waals surface area (Å²) < 4.78 is 52.3.